The number of hydrogen-bond donors (Lipinski definition) is 4. The highest BCUT2D eigenvalue weighted by Gasteiger charge is 2.18. The minimum Gasteiger partial charge on any atom is -0.369 e. The van der Waals surface area contributed by atoms with E-state index in [1.54, 1.807) is 12.3 Å². The molecule has 0 unspecified atom stereocenters. The van der Waals surface area contributed by atoms with Gasteiger partial charge in [0.25, 0.3) is 11.5 Å². The maximum absolute atomic E-state index is 13.0. The van der Waals surface area contributed by atoms with Gasteiger partial charge in [-0.15, -0.1) is 0 Å². The van der Waals surface area contributed by atoms with Crippen molar-refractivity contribution in [3.8, 4) is 0 Å². The number of carbonyl (C=O) groups excluding carboxylic acids is 1. The number of fused-ring (bicyclic) bond motifs is 1. The average Bonchev–Trinajstić information content (AvgIpc) is 3.28. The van der Waals surface area contributed by atoms with Gasteiger partial charge in [-0.2, -0.15) is 5.10 Å². The molecule has 1 amide bonds. The van der Waals surface area contributed by atoms with E-state index in [2.05, 4.69) is 42.7 Å². The molecule has 9 heteroatoms. The fourth-order valence-electron chi connectivity index (χ4n) is 3.99. The second-order valence-electron chi connectivity index (χ2n) is 8.18. The molecule has 0 atom stereocenters. The lowest BCUT2D eigenvalue weighted by molar-refractivity contribution is 0.102. The summed E-state index contributed by atoms with van der Waals surface area (Å²) in [4.78, 5) is 32.8. The lowest BCUT2D eigenvalue weighted by Gasteiger charge is -2.34. The van der Waals surface area contributed by atoms with E-state index in [0.29, 0.717) is 11.4 Å². The highest BCUT2D eigenvalue weighted by molar-refractivity contribution is 6.08. The van der Waals surface area contributed by atoms with E-state index in [9.17, 15) is 9.59 Å². The minimum atomic E-state index is -0.477. The van der Waals surface area contributed by atoms with Crippen molar-refractivity contribution in [2.45, 2.75) is 0 Å². The van der Waals surface area contributed by atoms with Crippen LogP contribution in [-0.2, 0) is 0 Å². The highest BCUT2D eigenvalue weighted by atomic mass is 16.2. The molecule has 1 aliphatic rings. The predicted molar refractivity (Wildman–Crippen MR) is 131 cm³/mol. The van der Waals surface area contributed by atoms with Crippen LogP contribution in [0.1, 0.15) is 10.4 Å². The summed E-state index contributed by atoms with van der Waals surface area (Å²) in [7, 11) is 2.13. The Hall–Kier alpha value is -4.11. The third kappa shape index (κ3) is 4.44. The number of amides is 1. The van der Waals surface area contributed by atoms with E-state index in [4.69, 9.17) is 0 Å². The smallest absolute Gasteiger partial charge is 0.263 e. The summed E-state index contributed by atoms with van der Waals surface area (Å²) in [6, 6.07) is 15.0. The SMILES string of the molecule is CN1CCN(c2ccc(NC(=O)c3c(Nc4ccc5cn[nH]c5c4)cc[nH]c3=O)cc2)CC1. The van der Waals surface area contributed by atoms with Gasteiger partial charge in [-0.1, -0.05) is 0 Å². The average molecular weight is 444 g/mol. The predicted octanol–water partition coefficient (Wildman–Crippen LogP) is 3.00. The molecule has 4 N–H and O–H groups in total. The number of nitrogens with zero attached hydrogens (tertiary/aromatic N) is 3. The van der Waals surface area contributed by atoms with Crippen LogP contribution >= 0.6 is 0 Å². The van der Waals surface area contributed by atoms with Crippen LogP contribution in [0.25, 0.3) is 10.9 Å². The van der Waals surface area contributed by atoms with Gasteiger partial charge < -0.3 is 25.4 Å². The van der Waals surface area contributed by atoms with Crippen LogP contribution in [0.2, 0.25) is 0 Å². The van der Waals surface area contributed by atoms with Crippen molar-refractivity contribution in [3.05, 3.63) is 76.8 Å². The zero-order chi connectivity index (χ0) is 22.8. The first-order valence-corrected chi connectivity index (χ1v) is 10.8. The van der Waals surface area contributed by atoms with Crippen molar-refractivity contribution in [1.82, 2.24) is 20.1 Å². The fraction of sp³-hybridized carbons (Fsp3) is 0.208. The number of anilines is 4. The van der Waals surface area contributed by atoms with Crippen LogP contribution in [0.5, 0.6) is 0 Å². The Kier molecular flexibility index (Phi) is 5.54. The second-order valence-corrected chi connectivity index (χ2v) is 8.18. The molecule has 0 aliphatic carbocycles. The zero-order valence-corrected chi connectivity index (χ0v) is 18.3. The summed E-state index contributed by atoms with van der Waals surface area (Å²) in [5, 5.41) is 13.9. The van der Waals surface area contributed by atoms with Crippen LogP contribution in [0.3, 0.4) is 0 Å². The third-order valence-electron chi connectivity index (χ3n) is 5.90. The first-order chi connectivity index (χ1) is 16.1. The number of hydrogen-bond acceptors (Lipinski definition) is 6. The molecule has 33 heavy (non-hydrogen) atoms. The molecule has 1 aliphatic heterocycles. The number of H-pyrrole nitrogens is 2. The van der Waals surface area contributed by atoms with E-state index in [-0.39, 0.29) is 5.56 Å². The Labute approximate surface area is 190 Å². The minimum absolute atomic E-state index is 0.0188. The molecule has 3 heterocycles. The number of nitrogens with one attached hydrogen (secondary N) is 4. The molecule has 0 spiro atoms. The van der Waals surface area contributed by atoms with Gasteiger partial charge in [-0.3, -0.25) is 14.7 Å². The van der Waals surface area contributed by atoms with Crippen LogP contribution < -0.4 is 21.1 Å². The molecule has 9 nitrogen and oxygen atoms in total. The second kappa shape index (κ2) is 8.79. The van der Waals surface area contributed by atoms with Crippen molar-refractivity contribution in [2.75, 3.05) is 48.8 Å². The zero-order valence-electron chi connectivity index (χ0n) is 18.3. The summed E-state index contributed by atoms with van der Waals surface area (Å²) in [6.45, 7) is 4.00. The van der Waals surface area contributed by atoms with Gasteiger partial charge in [0.1, 0.15) is 5.56 Å². The first-order valence-electron chi connectivity index (χ1n) is 10.8. The number of aromatic nitrogens is 3. The van der Waals surface area contributed by atoms with E-state index in [1.807, 2.05) is 42.5 Å². The van der Waals surface area contributed by atoms with Crippen molar-refractivity contribution in [3.63, 3.8) is 0 Å². The lowest BCUT2D eigenvalue weighted by Crippen LogP contribution is -2.44. The molecule has 2 aromatic heterocycles. The molecule has 0 radical (unpaired) electrons. The van der Waals surface area contributed by atoms with Gasteiger partial charge in [0, 0.05) is 54.8 Å². The number of carbonyl (C=O) groups is 1. The molecule has 1 saturated heterocycles. The normalized spacial score (nSPS) is 14.4. The number of pyridine rings is 1. The number of likely N-dealkylation sites (N-methyl/N-ethyl adjacent to an activating group) is 1. The number of benzene rings is 2. The summed E-state index contributed by atoms with van der Waals surface area (Å²) >= 11 is 0. The standard InChI is InChI=1S/C24H25N7O2/c1-30-10-12-31(13-11-30)19-6-4-17(5-7-19)28-24(33)22-20(8-9-25-23(22)32)27-18-3-2-16-15-26-29-21(16)14-18/h2-9,14-15H,10-13H2,1H3,(H,26,29)(H,28,33)(H2,25,27,32). The van der Waals surface area contributed by atoms with Gasteiger partial charge in [0.15, 0.2) is 0 Å². The van der Waals surface area contributed by atoms with Gasteiger partial charge in [0.2, 0.25) is 0 Å². The molecule has 0 bridgehead atoms. The summed E-state index contributed by atoms with van der Waals surface area (Å²) in [6.07, 6.45) is 3.25. The van der Waals surface area contributed by atoms with E-state index < -0.39 is 11.5 Å². The molecular weight excluding hydrogens is 418 g/mol. The van der Waals surface area contributed by atoms with E-state index >= 15 is 0 Å². The summed E-state index contributed by atoms with van der Waals surface area (Å²) < 4.78 is 0. The topological polar surface area (TPSA) is 109 Å². The van der Waals surface area contributed by atoms with Crippen molar-refractivity contribution < 1.29 is 4.79 Å². The Bertz CT molecular complexity index is 1330. The Morgan fingerprint density at radius 1 is 1.00 bits per heavy atom. The summed E-state index contributed by atoms with van der Waals surface area (Å²) in [5.74, 6) is -0.477. The van der Waals surface area contributed by atoms with Crippen molar-refractivity contribution in [2.24, 2.45) is 0 Å². The molecular formula is C24H25N7O2. The van der Waals surface area contributed by atoms with Gasteiger partial charge >= 0.3 is 0 Å². The highest BCUT2D eigenvalue weighted by Crippen LogP contribution is 2.24. The lowest BCUT2D eigenvalue weighted by atomic mass is 10.1. The van der Waals surface area contributed by atoms with Crippen LogP contribution in [0.4, 0.5) is 22.7 Å². The van der Waals surface area contributed by atoms with Crippen molar-refractivity contribution in [1.29, 1.82) is 0 Å². The van der Waals surface area contributed by atoms with Gasteiger partial charge in [0.05, 0.1) is 17.4 Å². The number of aromatic amines is 2. The number of rotatable bonds is 5. The Morgan fingerprint density at radius 2 is 1.76 bits per heavy atom. The monoisotopic (exact) mass is 443 g/mol. The molecule has 0 saturated carbocycles. The number of piperazine rings is 1. The van der Waals surface area contributed by atoms with Crippen LogP contribution in [0, 0.1) is 0 Å². The van der Waals surface area contributed by atoms with Gasteiger partial charge in [-0.05, 0) is 55.6 Å². The van der Waals surface area contributed by atoms with Gasteiger partial charge in [-0.25, -0.2) is 0 Å². The molecule has 1 fully saturated rings. The van der Waals surface area contributed by atoms with E-state index in [1.165, 1.54) is 6.20 Å². The maximum atomic E-state index is 13.0. The molecule has 5 rings (SSSR count). The van der Waals surface area contributed by atoms with Crippen LogP contribution in [-0.4, -0.2) is 59.2 Å². The maximum Gasteiger partial charge on any atom is 0.263 e. The third-order valence-corrected chi connectivity index (χ3v) is 5.90. The molecule has 4 aromatic rings. The fourth-order valence-corrected chi connectivity index (χ4v) is 3.99. The molecule has 2 aromatic carbocycles. The van der Waals surface area contributed by atoms with Crippen molar-refractivity contribution >= 4 is 39.6 Å². The Balaban J connectivity index is 1.33. The summed E-state index contributed by atoms with van der Waals surface area (Å²) in [5.41, 5.74) is 3.32. The Morgan fingerprint density at radius 3 is 2.55 bits per heavy atom. The van der Waals surface area contributed by atoms with E-state index in [0.717, 1.165) is 48.5 Å². The largest absolute Gasteiger partial charge is 0.369 e. The van der Waals surface area contributed by atoms with Crippen LogP contribution in [0.15, 0.2) is 65.7 Å². The first kappa shape index (κ1) is 20.8. The quantitative estimate of drug-likeness (QED) is 0.378. The molecule has 168 valence electrons.